The first kappa shape index (κ1) is 30.4. The molecule has 0 aromatic heterocycles. The number of aliphatic carboxylic acids is 1. The largest absolute Gasteiger partial charge is 0.480 e. The van der Waals surface area contributed by atoms with Crippen LogP contribution in [0.1, 0.15) is 45.1 Å². The monoisotopic (exact) mass is 509 g/mol. The first-order valence-corrected chi connectivity index (χ1v) is 12.5. The Kier molecular flexibility index (Phi) is 14.0. The Morgan fingerprint density at radius 3 is 2.03 bits per heavy atom. The lowest BCUT2D eigenvalue weighted by Gasteiger charge is -2.25. The zero-order valence-corrected chi connectivity index (χ0v) is 21.3. The molecule has 1 aromatic rings. The van der Waals surface area contributed by atoms with E-state index >= 15 is 0 Å². The Morgan fingerprint density at radius 1 is 0.914 bits per heavy atom. The number of thiol groups is 1. The molecule has 1 rings (SSSR count). The molecule has 0 heterocycles. The van der Waals surface area contributed by atoms with Crippen LogP contribution >= 0.6 is 12.6 Å². The third kappa shape index (κ3) is 11.6. The highest BCUT2D eigenvalue weighted by molar-refractivity contribution is 7.80. The minimum atomic E-state index is -1.16. The second kappa shape index (κ2) is 16.1. The number of amides is 3. The van der Waals surface area contributed by atoms with Gasteiger partial charge in [0.15, 0.2) is 0 Å². The van der Waals surface area contributed by atoms with Crippen LogP contribution < -0.4 is 27.4 Å². The summed E-state index contributed by atoms with van der Waals surface area (Å²) in [6.45, 7) is 4.12. The predicted molar refractivity (Wildman–Crippen MR) is 138 cm³/mol. The first-order valence-electron chi connectivity index (χ1n) is 11.8. The average Bonchev–Trinajstić information content (AvgIpc) is 2.81. The van der Waals surface area contributed by atoms with Crippen molar-refractivity contribution in [3.05, 3.63) is 35.9 Å². The third-order valence-corrected chi connectivity index (χ3v) is 5.72. The molecule has 3 amide bonds. The van der Waals surface area contributed by atoms with Gasteiger partial charge >= 0.3 is 5.97 Å². The Labute approximate surface area is 212 Å². The minimum absolute atomic E-state index is 0.0441. The molecule has 0 spiro atoms. The predicted octanol–water partition coefficient (Wildman–Crippen LogP) is 0.200. The van der Waals surface area contributed by atoms with Gasteiger partial charge in [0.25, 0.3) is 0 Å². The van der Waals surface area contributed by atoms with Gasteiger partial charge in [-0.3, -0.25) is 14.4 Å². The second-order valence-electron chi connectivity index (χ2n) is 8.91. The van der Waals surface area contributed by atoms with Crippen LogP contribution in [0.5, 0.6) is 0 Å². The number of carbonyl (C=O) groups is 4. The van der Waals surface area contributed by atoms with Crippen molar-refractivity contribution >= 4 is 36.3 Å². The summed E-state index contributed by atoms with van der Waals surface area (Å²) in [6.07, 6.45) is 2.08. The van der Waals surface area contributed by atoms with Crippen molar-refractivity contribution in [2.24, 2.45) is 17.4 Å². The van der Waals surface area contributed by atoms with Crippen LogP contribution in [-0.4, -0.2) is 65.3 Å². The summed E-state index contributed by atoms with van der Waals surface area (Å²) in [4.78, 5) is 49.8. The zero-order valence-electron chi connectivity index (χ0n) is 20.4. The number of nitrogens with two attached hydrogens (primary N) is 2. The van der Waals surface area contributed by atoms with Crippen LogP contribution in [0.4, 0.5) is 0 Å². The molecular weight excluding hydrogens is 470 g/mol. The summed E-state index contributed by atoms with van der Waals surface area (Å²) in [5.74, 6) is -2.89. The van der Waals surface area contributed by atoms with E-state index in [4.69, 9.17) is 11.5 Å². The summed E-state index contributed by atoms with van der Waals surface area (Å²) in [6, 6.07) is 5.32. The molecule has 0 saturated heterocycles. The highest BCUT2D eigenvalue weighted by Crippen LogP contribution is 2.07. The molecule has 0 bridgehead atoms. The Morgan fingerprint density at radius 2 is 1.49 bits per heavy atom. The Hall–Kier alpha value is -2.63. The van der Waals surface area contributed by atoms with E-state index in [0.717, 1.165) is 5.56 Å². The highest BCUT2D eigenvalue weighted by Gasteiger charge is 2.29. The molecule has 4 unspecified atom stereocenters. The van der Waals surface area contributed by atoms with Crippen molar-refractivity contribution < 1.29 is 24.3 Å². The quantitative estimate of drug-likeness (QED) is 0.123. The van der Waals surface area contributed by atoms with Gasteiger partial charge in [0, 0.05) is 5.75 Å². The number of rotatable bonds is 16. The summed E-state index contributed by atoms with van der Waals surface area (Å²) in [5, 5.41) is 17.1. The van der Waals surface area contributed by atoms with E-state index in [0.29, 0.717) is 32.2 Å². The molecule has 1 aromatic carbocycles. The molecule has 0 aliphatic heterocycles. The minimum Gasteiger partial charge on any atom is -0.480 e. The maximum atomic E-state index is 13.0. The van der Waals surface area contributed by atoms with Crippen molar-refractivity contribution in [1.29, 1.82) is 0 Å². The van der Waals surface area contributed by atoms with E-state index in [9.17, 15) is 24.3 Å². The smallest absolute Gasteiger partial charge is 0.326 e. The second-order valence-corrected chi connectivity index (χ2v) is 9.28. The van der Waals surface area contributed by atoms with Gasteiger partial charge in [-0.05, 0) is 50.1 Å². The van der Waals surface area contributed by atoms with E-state index in [1.807, 2.05) is 44.2 Å². The number of hydrogen-bond acceptors (Lipinski definition) is 7. The van der Waals surface area contributed by atoms with Gasteiger partial charge < -0.3 is 32.5 Å². The number of benzene rings is 1. The number of carboxylic acid groups (broad SMARTS) is 1. The van der Waals surface area contributed by atoms with Gasteiger partial charge in [-0.15, -0.1) is 0 Å². The van der Waals surface area contributed by atoms with Crippen molar-refractivity contribution in [1.82, 2.24) is 16.0 Å². The van der Waals surface area contributed by atoms with E-state index < -0.39 is 47.9 Å². The molecule has 0 radical (unpaired) electrons. The first-order chi connectivity index (χ1) is 16.6. The molecule has 8 N–H and O–H groups in total. The standard InChI is InChI=1S/C24H39N5O5S/c1-15(2)12-19(24(33)34)28-23(32)20(14-35)29-22(31)18(10-6-7-11-25)27-21(30)17(26)13-16-8-4-3-5-9-16/h3-5,8-9,15,17-20,35H,6-7,10-14,25-26H2,1-2H3,(H,27,30)(H,28,32)(H,29,31)(H,33,34). The van der Waals surface area contributed by atoms with Gasteiger partial charge in [-0.1, -0.05) is 44.2 Å². The molecule has 0 aliphatic rings. The van der Waals surface area contributed by atoms with E-state index in [2.05, 4.69) is 28.6 Å². The highest BCUT2D eigenvalue weighted by atomic mass is 32.1. The van der Waals surface area contributed by atoms with Crippen molar-refractivity contribution in [3.8, 4) is 0 Å². The zero-order chi connectivity index (χ0) is 26.4. The molecule has 196 valence electrons. The van der Waals surface area contributed by atoms with Crippen LogP contribution in [0.25, 0.3) is 0 Å². The van der Waals surface area contributed by atoms with Crippen LogP contribution in [0.3, 0.4) is 0 Å². The van der Waals surface area contributed by atoms with Crippen molar-refractivity contribution in [3.63, 3.8) is 0 Å². The number of carbonyl (C=O) groups excluding carboxylic acids is 3. The molecule has 4 atom stereocenters. The van der Waals surface area contributed by atoms with E-state index in [1.54, 1.807) is 0 Å². The maximum absolute atomic E-state index is 13.0. The fraction of sp³-hybridized carbons (Fsp3) is 0.583. The molecule has 0 aliphatic carbocycles. The number of unbranched alkanes of at least 4 members (excludes halogenated alkanes) is 1. The molecule has 35 heavy (non-hydrogen) atoms. The van der Waals surface area contributed by atoms with Crippen LogP contribution in [-0.2, 0) is 25.6 Å². The van der Waals surface area contributed by atoms with Crippen LogP contribution in [0.2, 0.25) is 0 Å². The molecule has 0 saturated carbocycles. The van der Waals surface area contributed by atoms with Gasteiger partial charge in [0.1, 0.15) is 18.1 Å². The molecule has 11 heteroatoms. The van der Waals surface area contributed by atoms with Crippen LogP contribution in [0.15, 0.2) is 30.3 Å². The van der Waals surface area contributed by atoms with Crippen molar-refractivity contribution in [2.45, 2.75) is 70.1 Å². The molecular formula is C24H39N5O5S. The average molecular weight is 510 g/mol. The Balaban J connectivity index is 2.84. The third-order valence-electron chi connectivity index (χ3n) is 5.35. The fourth-order valence-corrected chi connectivity index (χ4v) is 3.69. The molecule has 10 nitrogen and oxygen atoms in total. The Bertz CT molecular complexity index is 824. The van der Waals surface area contributed by atoms with Crippen molar-refractivity contribution in [2.75, 3.05) is 12.3 Å². The normalized spacial score (nSPS) is 14.5. The lowest BCUT2D eigenvalue weighted by atomic mass is 10.0. The summed E-state index contributed by atoms with van der Waals surface area (Å²) in [7, 11) is 0. The fourth-order valence-electron chi connectivity index (χ4n) is 3.43. The van der Waals surface area contributed by atoms with E-state index in [-0.39, 0.29) is 18.1 Å². The molecule has 0 fully saturated rings. The topological polar surface area (TPSA) is 177 Å². The summed E-state index contributed by atoms with van der Waals surface area (Å²) < 4.78 is 0. The van der Waals surface area contributed by atoms with Gasteiger partial charge in [0.2, 0.25) is 17.7 Å². The SMILES string of the molecule is CC(C)CC(NC(=O)C(CS)NC(=O)C(CCCCN)NC(=O)C(N)Cc1ccccc1)C(=O)O. The van der Waals surface area contributed by atoms with Crippen LogP contribution in [0, 0.1) is 5.92 Å². The lowest BCUT2D eigenvalue weighted by Crippen LogP contribution is -2.57. The van der Waals surface area contributed by atoms with Gasteiger partial charge in [-0.25, -0.2) is 4.79 Å². The number of carboxylic acids is 1. The van der Waals surface area contributed by atoms with E-state index in [1.165, 1.54) is 0 Å². The number of hydrogen-bond donors (Lipinski definition) is 7. The maximum Gasteiger partial charge on any atom is 0.326 e. The summed E-state index contributed by atoms with van der Waals surface area (Å²) in [5.41, 5.74) is 12.5. The lowest BCUT2D eigenvalue weighted by molar-refractivity contribution is -0.142. The van der Waals surface area contributed by atoms with Gasteiger partial charge in [-0.2, -0.15) is 12.6 Å². The van der Waals surface area contributed by atoms with Gasteiger partial charge in [0.05, 0.1) is 6.04 Å². The summed E-state index contributed by atoms with van der Waals surface area (Å²) >= 11 is 4.14. The number of nitrogens with one attached hydrogen (secondary N) is 3.